The molecule has 37 heavy (non-hydrogen) atoms. The number of nitrogens with zero attached hydrogens (tertiary/aromatic N) is 2. The number of hydrogen-bond acceptors (Lipinski definition) is 5. The van der Waals surface area contributed by atoms with Crippen molar-refractivity contribution in [1.82, 2.24) is 9.97 Å². The average molecular weight is 537 g/mol. The summed E-state index contributed by atoms with van der Waals surface area (Å²) in [5, 5.41) is 3.59. The van der Waals surface area contributed by atoms with Gasteiger partial charge in [-0.15, -0.1) is 0 Å². The van der Waals surface area contributed by atoms with Crippen LogP contribution in [0.4, 0.5) is 38.1 Å². The maximum Gasteiger partial charge on any atom is 0.417 e. The Kier molecular flexibility index (Phi) is 6.94. The molecule has 0 saturated heterocycles. The number of amides is 2. The van der Waals surface area contributed by atoms with E-state index in [1.165, 1.54) is 7.11 Å². The average Bonchev–Trinajstić information content (AvgIpc) is 2.84. The van der Waals surface area contributed by atoms with Crippen molar-refractivity contribution in [3.8, 4) is 5.88 Å². The molecule has 190 valence electrons. The molecular formula is C24H14ClF5N4O3. The number of hydrogen-bond donors (Lipinski definition) is 2. The van der Waals surface area contributed by atoms with E-state index >= 15 is 4.39 Å². The zero-order chi connectivity index (χ0) is 26.9. The molecule has 4 aromatic rings. The molecule has 0 aliphatic carbocycles. The minimum absolute atomic E-state index is 0.134. The molecule has 0 aliphatic rings. The van der Waals surface area contributed by atoms with Gasteiger partial charge in [0.1, 0.15) is 5.82 Å². The topological polar surface area (TPSA) is 93.2 Å². The smallest absolute Gasteiger partial charge is 0.417 e. The van der Waals surface area contributed by atoms with Gasteiger partial charge >= 0.3 is 12.2 Å². The molecule has 0 unspecified atom stereocenters. The third-order valence-electron chi connectivity index (χ3n) is 5.05. The van der Waals surface area contributed by atoms with Gasteiger partial charge in [0.2, 0.25) is 11.7 Å². The van der Waals surface area contributed by atoms with Crippen LogP contribution < -0.4 is 15.4 Å². The summed E-state index contributed by atoms with van der Waals surface area (Å²) >= 11 is 5.62. The summed E-state index contributed by atoms with van der Waals surface area (Å²) in [4.78, 5) is 33.7. The highest BCUT2D eigenvalue weighted by molar-refractivity contribution is 6.31. The van der Waals surface area contributed by atoms with Crippen molar-refractivity contribution in [1.29, 1.82) is 0 Å². The van der Waals surface area contributed by atoms with Crippen LogP contribution in [0, 0.1) is 11.6 Å². The number of methoxy groups -OCH3 is 1. The number of carbonyl (C=O) groups excluding carboxylic acids is 2. The molecule has 7 nitrogen and oxygen atoms in total. The quantitative estimate of drug-likeness (QED) is 0.225. The van der Waals surface area contributed by atoms with Crippen LogP contribution in [0.2, 0.25) is 5.02 Å². The predicted octanol–water partition coefficient (Wildman–Crippen LogP) is 6.46. The van der Waals surface area contributed by atoms with Crippen molar-refractivity contribution >= 4 is 45.8 Å². The Morgan fingerprint density at radius 2 is 1.62 bits per heavy atom. The first-order valence-corrected chi connectivity index (χ1v) is 10.7. The van der Waals surface area contributed by atoms with Gasteiger partial charge in [0.15, 0.2) is 11.5 Å². The van der Waals surface area contributed by atoms with Gasteiger partial charge in [0.25, 0.3) is 0 Å². The van der Waals surface area contributed by atoms with Crippen LogP contribution >= 0.6 is 11.6 Å². The number of aromatic nitrogens is 2. The number of ketones is 1. The summed E-state index contributed by atoms with van der Waals surface area (Å²) in [6.07, 6.45) is -4.70. The normalized spacial score (nSPS) is 11.3. The summed E-state index contributed by atoms with van der Waals surface area (Å²) < 4.78 is 73.5. The first kappa shape index (κ1) is 25.8. The van der Waals surface area contributed by atoms with Crippen LogP contribution in [0.3, 0.4) is 0 Å². The third kappa shape index (κ3) is 5.28. The minimum Gasteiger partial charge on any atom is -0.479 e. The second-order valence-corrected chi connectivity index (χ2v) is 7.86. The molecule has 0 bridgehead atoms. The number of halogens is 6. The van der Waals surface area contributed by atoms with E-state index in [9.17, 15) is 27.2 Å². The zero-order valence-corrected chi connectivity index (χ0v) is 19.3. The number of ether oxygens (including phenoxy) is 1. The molecule has 2 N–H and O–H groups in total. The Hall–Kier alpha value is -4.32. The van der Waals surface area contributed by atoms with Gasteiger partial charge in [0, 0.05) is 5.69 Å². The van der Waals surface area contributed by atoms with Gasteiger partial charge in [-0.25, -0.2) is 23.5 Å². The lowest BCUT2D eigenvalue weighted by Crippen LogP contribution is -2.21. The van der Waals surface area contributed by atoms with Crippen LogP contribution in [-0.4, -0.2) is 28.9 Å². The maximum absolute atomic E-state index is 15.2. The fourth-order valence-corrected chi connectivity index (χ4v) is 3.64. The molecule has 1 aromatic heterocycles. The molecule has 0 aliphatic heterocycles. The Labute approximate surface area is 210 Å². The van der Waals surface area contributed by atoms with Gasteiger partial charge < -0.3 is 15.4 Å². The van der Waals surface area contributed by atoms with E-state index < -0.39 is 57.2 Å². The number of alkyl halides is 3. The highest BCUT2D eigenvalue weighted by Crippen LogP contribution is 2.36. The van der Waals surface area contributed by atoms with E-state index in [-0.39, 0.29) is 17.1 Å². The van der Waals surface area contributed by atoms with Crippen LogP contribution in [0.5, 0.6) is 5.88 Å². The first-order valence-electron chi connectivity index (χ1n) is 10.3. The van der Waals surface area contributed by atoms with Gasteiger partial charge in [0.05, 0.1) is 40.0 Å². The Morgan fingerprint density at radius 1 is 0.946 bits per heavy atom. The minimum atomic E-state index is -4.70. The van der Waals surface area contributed by atoms with E-state index in [4.69, 9.17) is 16.3 Å². The number of carbonyl (C=O) groups is 2. The van der Waals surface area contributed by atoms with Crippen molar-refractivity contribution < 1.29 is 36.3 Å². The lowest BCUT2D eigenvalue weighted by atomic mass is 10.1. The van der Waals surface area contributed by atoms with Crippen LogP contribution in [0.25, 0.3) is 11.0 Å². The van der Waals surface area contributed by atoms with Gasteiger partial charge in [-0.05, 0) is 42.5 Å². The number of rotatable bonds is 5. The number of anilines is 2. The van der Waals surface area contributed by atoms with E-state index in [1.54, 1.807) is 24.3 Å². The largest absolute Gasteiger partial charge is 0.479 e. The third-order valence-corrected chi connectivity index (χ3v) is 5.36. The fourth-order valence-electron chi connectivity index (χ4n) is 3.36. The Balaban J connectivity index is 1.62. The second-order valence-electron chi connectivity index (χ2n) is 7.45. The molecule has 1 heterocycles. The highest BCUT2D eigenvalue weighted by Gasteiger charge is 2.33. The van der Waals surface area contributed by atoms with E-state index in [2.05, 4.69) is 20.6 Å². The number of para-hydroxylation sites is 2. The van der Waals surface area contributed by atoms with Crippen molar-refractivity contribution in [3.05, 3.63) is 88.1 Å². The zero-order valence-electron chi connectivity index (χ0n) is 18.6. The number of nitrogens with one attached hydrogen (secondary N) is 2. The van der Waals surface area contributed by atoms with Crippen molar-refractivity contribution in [2.24, 2.45) is 0 Å². The summed E-state index contributed by atoms with van der Waals surface area (Å²) in [6.45, 7) is 0. The van der Waals surface area contributed by atoms with Crippen molar-refractivity contribution in [2.45, 2.75) is 6.18 Å². The van der Waals surface area contributed by atoms with E-state index in [0.29, 0.717) is 11.6 Å². The molecule has 13 heteroatoms. The summed E-state index contributed by atoms with van der Waals surface area (Å²) in [6, 6.07) is 9.43. The maximum atomic E-state index is 15.2. The van der Waals surface area contributed by atoms with Gasteiger partial charge in [-0.3, -0.25) is 4.79 Å². The molecule has 3 aromatic carbocycles. The van der Waals surface area contributed by atoms with E-state index in [0.717, 1.165) is 24.3 Å². The Bertz CT molecular complexity index is 1550. The fraction of sp³-hybridized carbons (Fsp3) is 0.0833. The number of benzene rings is 3. The monoisotopic (exact) mass is 536 g/mol. The standard InChI is InChI=1S/C24H14ClF5N4O3/c1-37-22-20(32-15-4-2-3-5-16(15)33-22)21(35)18-14(26)8-9-17(19(18)27)34-23(36)31-11-6-7-12(13(25)10-11)24(28,29)30/h2-10H,1H3,(H2,31,34,36). The summed E-state index contributed by atoms with van der Waals surface area (Å²) in [5.74, 6) is -4.11. The molecule has 0 spiro atoms. The summed E-state index contributed by atoms with van der Waals surface area (Å²) in [5.41, 5.74) is -2.67. The van der Waals surface area contributed by atoms with Crippen molar-refractivity contribution in [2.75, 3.05) is 17.7 Å². The molecule has 2 amide bonds. The second kappa shape index (κ2) is 9.97. The molecular weight excluding hydrogens is 523 g/mol. The van der Waals surface area contributed by atoms with Crippen LogP contribution in [0.15, 0.2) is 54.6 Å². The first-order chi connectivity index (χ1) is 17.5. The molecule has 0 fully saturated rings. The summed E-state index contributed by atoms with van der Waals surface area (Å²) in [7, 11) is 1.21. The SMILES string of the molecule is COc1nc2ccccc2nc1C(=O)c1c(F)ccc(NC(=O)Nc2ccc(C(F)(F)F)c(Cl)c2)c1F. The molecule has 4 rings (SSSR count). The van der Waals surface area contributed by atoms with Crippen LogP contribution in [0.1, 0.15) is 21.6 Å². The van der Waals surface area contributed by atoms with Crippen molar-refractivity contribution in [3.63, 3.8) is 0 Å². The Morgan fingerprint density at radius 3 is 2.24 bits per heavy atom. The lowest BCUT2D eigenvalue weighted by Gasteiger charge is -2.13. The predicted molar refractivity (Wildman–Crippen MR) is 125 cm³/mol. The number of fused-ring (bicyclic) bond motifs is 1. The highest BCUT2D eigenvalue weighted by atomic mass is 35.5. The number of urea groups is 1. The lowest BCUT2D eigenvalue weighted by molar-refractivity contribution is -0.137. The van der Waals surface area contributed by atoms with Gasteiger partial charge in [-0.1, -0.05) is 23.7 Å². The van der Waals surface area contributed by atoms with E-state index in [1.807, 2.05) is 0 Å². The van der Waals surface area contributed by atoms with Gasteiger partial charge in [-0.2, -0.15) is 13.2 Å². The molecule has 0 saturated carbocycles. The molecule has 0 radical (unpaired) electrons. The molecule has 0 atom stereocenters. The van der Waals surface area contributed by atoms with Crippen LogP contribution in [-0.2, 0) is 6.18 Å².